The molecule has 1 rings (SSSR count). The molecule has 0 aliphatic carbocycles. The fourth-order valence-corrected chi connectivity index (χ4v) is 1.83. The SMILES string of the molecule is COCCCNC(=O)CCc1ncc(C(F)(F)F)cc1Cl. The van der Waals surface area contributed by atoms with Crippen LogP contribution in [0.3, 0.4) is 0 Å². The Morgan fingerprint density at radius 2 is 2.19 bits per heavy atom. The van der Waals surface area contributed by atoms with Crippen LogP contribution in [-0.2, 0) is 22.1 Å². The molecule has 8 heteroatoms. The van der Waals surface area contributed by atoms with Crippen molar-refractivity contribution < 1.29 is 22.7 Å². The molecule has 0 spiro atoms. The molecular formula is C13H16ClF3N2O2. The number of nitrogens with zero attached hydrogens (tertiary/aromatic N) is 1. The Morgan fingerprint density at radius 1 is 1.48 bits per heavy atom. The van der Waals surface area contributed by atoms with Gasteiger partial charge in [-0.1, -0.05) is 11.6 Å². The Hall–Kier alpha value is -1.34. The van der Waals surface area contributed by atoms with Crippen LogP contribution >= 0.6 is 11.6 Å². The highest BCUT2D eigenvalue weighted by Crippen LogP contribution is 2.31. The van der Waals surface area contributed by atoms with Gasteiger partial charge < -0.3 is 10.1 Å². The first-order valence-electron chi connectivity index (χ1n) is 6.32. The molecule has 1 aromatic heterocycles. The van der Waals surface area contributed by atoms with Crippen LogP contribution in [0.4, 0.5) is 13.2 Å². The second-order valence-electron chi connectivity index (χ2n) is 4.35. The largest absolute Gasteiger partial charge is 0.417 e. The average Bonchev–Trinajstić information content (AvgIpc) is 2.41. The quantitative estimate of drug-likeness (QED) is 0.785. The van der Waals surface area contributed by atoms with Gasteiger partial charge in [-0.3, -0.25) is 9.78 Å². The van der Waals surface area contributed by atoms with E-state index < -0.39 is 11.7 Å². The molecule has 0 unspecified atom stereocenters. The zero-order chi connectivity index (χ0) is 15.9. The molecule has 0 bridgehead atoms. The van der Waals surface area contributed by atoms with Gasteiger partial charge in [-0.25, -0.2) is 0 Å². The molecule has 1 amide bonds. The number of nitrogens with one attached hydrogen (secondary N) is 1. The number of alkyl halides is 3. The van der Waals surface area contributed by atoms with E-state index in [1.54, 1.807) is 7.11 Å². The van der Waals surface area contributed by atoms with Crippen molar-refractivity contribution in [2.24, 2.45) is 0 Å². The Labute approximate surface area is 125 Å². The molecule has 21 heavy (non-hydrogen) atoms. The van der Waals surface area contributed by atoms with Crippen LogP contribution in [-0.4, -0.2) is 31.2 Å². The Balaban J connectivity index is 2.47. The van der Waals surface area contributed by atoms with E-state index >= 15 is 0 Å². The second-order valence-corrected chi connectivity index (χ2v) is 4.75. The lowest BCUT2D eigenvalue weighted by atomic mass is 10.2. The first kappa shape index (κ1) is 17.7. The van der Waals surface area contributed by atoms with Crippen LogP contribution in [0.25, 0.3) is 0 Å². The molecule has 0 aromatic carbocycles. The summed E-state index contributed by atoms with van der Waals surface area (Å²) >= 11 is 5.75. The summed E-state index contributed by atoms with van der Waals surface area (Å²) in [6.07, 6.45) is -2.76. The van der Waals surface area contributed by atoms with Gasteiger partial charge in [0, 0.05) is 32.9 Å². The summed E-state index contributed by atoms with van der Waals surface area (Å²) < 4.78 is 42.2. The first-order chi connectivity index (χ1) is 9.84. The van der Waals surface area contributed by atoms with Gasteiger partial charge in [0.1, 0.15) is 0 Å². The summed E-state index contributed by atoms with van der Waals surface area (Å²) in [5.74, 6) is -0.205. The molecule has 0 radical (unpaired) electrons. The number of hydrogen-bond acceptors (Lipinski definition) is 3. The van der Waals surface area contributed by atoms with Gasteiger partial charge in [0.25, 0.3) is 0 Å². The van der Waals surface area contributed by atoms with Crippen molar-refractivity contribution in [3.05, 3.63) is 28.5 Å². The van der Waals surface area contributed by atoms with Gasteiger partial charge in [-0.2, -0.15) is 13.2 Å². The van der Waals surface area contributed by atoms with E-state index in [1.165, 1.54) is 0 Å². The normalized spacial score (nSPS) is 11.5. The number of hydrogen-bond donors (Lipinski definition) is 1. The lowest BCUT2D eigenvalue weighted by molar-refractivity contribution is -0.137. The standard InChI is InChI=1S/C13H16ClF3N2O2/c1-21-6-2-5-18-12(20)4-3-11-10(14)7-9(8-19-11)13(15,16)17/h7-8H,2-6H2,1H3,(H,18,20). The number of ether oxygens (including phenoxy) is 1. The summed E-state index contributed by atoms with van der Waals surface area (Å²) in [5.41, 5.74) is -0.628. The summed E-state index contributed by atoms with van der Waals surface area (Å²) in [4.78, 5) is 15.2. The maximum atomic E-state index is 12.4. The fraction of sp³-hybridized carbons (Fsp3) is 0.538. The van der Waals surface area contributed by atoms with Crippen molar-refractivity contribution in [3.63, 3.8) is 0 Å². The van der Waals surface area contributed by atoms with Crippen molar-refractivity contribution in [2.75, 3.05) is 20.3 Å². The number of carbonyl (C=O) groups excluding carboxylic acids is 1. The molecule has 118 valence electrons. The van der Waals surface area contributed by atoms with Gasteiger partial charge in [0.2, 0.25) is 5.91 Å². The van der Waals surface area contributed by atoms with Crippen LogP contribution in [0.2, 0.25) is 5.02 Å². The van der Waals surface area contributed by atoms with E-state index in [0.717, 1.165) is 12.3 Å². The molecule has 0 saturated heterocycles. The minimum Gasteiger partial charge on any atom is -0.385 e. The van der Waals surface area contributed by atoms with Crippen LogP contribution < -0.4 is 5.32 Å². The van der Waals surface area contributed by atoms with Crippen LogP contribution in [0.15, 0.2) is 12.3 Å². The van der Waals surface area contributed by atoms with Gasteiger partial charge in [0.15, 0.2) is 0 Å². The number of carbonyl (C=O) groups is 1. The van der Waals surface area contributed by atoms with E-state index in [1.807, 2.05) is 0 Å². The molecule has 4 nitrogen and oxygen atoms in total. The summed E-state index contributed by atoms with van der Waals surface area (Å²) in [6.45, 7) is 1.04. The van der Waals surface area contributed by atoms with Crippen LogP contribution in [0.1, 0.15) is 24.1 Å². The monoisotopic (exact) mass is 324 g/mol. The third kappa shape index (κ3) is 6.31. The van der Waals surface area contributed by atoms with E-state index in [0.29, 0.717) is 19.6 Å². The molecule has 0 aliphatic heterocycles. The maximum Gasteiger partial charge on any atom is 0.417 e. The highest BCUT2D eigenvalue weighted by atomic mass is 35.5. The van der Waals surface area contributed by atoms with E-state index in [9.17, 15) is 18.0 Å². The smallest absolute Gasteiger partial charge is 0.385 e. The Kier molecular flexibility index (Phi) is 6.91. The van der Waals surface area contributed by atoms with Crippen molar-refractivity contribution in [2.45, 2.75) is 25.4 Å². The molecular weight excluding hydrogens is 309 g/mol. The minimum absolute atomic E-state index is 0.0861. The predicted molar refractivity (Wildman–Crippen MR) is 72.1 cm³/mol. The lowest BCUT2D eigenvalue weighted by Crippen LogP contribution is -2.25. The summed E-state index contributed by atoms with van der Waals surface area (Å²) in [7, 11) is 1.57. The summed E-state index contributed by atoms with van der Waals surface area (Å²) in [6, 6.07) is 0.820. The number of methoxy groups -OCH3 is 1. The second kappa shape index (κ2) is 8.19. The molecule has 0 atom stereocenters. The average molecular weight is 325 g/mol. The zero-order valence-electron chi connectivity index (χ0n) is 11.5. The molecule has 0 saturated carbocycles. The molecule has 1 N–H and O–H groups in total. The first-order valence-corrected chi connectivity index (χ1v) is 6.69. The summed E-state index contributed by atoms with van der Waals surface area (Å²) in [5, 5.41) is 2.59. The van der Waals surface area contributed by atoms with Crippen molar-refractivity contribution in [1.29, 1.82) is 0 Å². The number of aryl methyl sites for hydroxylation is 1. The van der Waals surface area contributed by atoms with Crippen molar-refractivity contribution in [1.82, 2.24) is 10.3 Å². The van der Waals surface area contributed by atoms with Gasteiger partial charge in [0.05, 0.1) is 16.3 Å². The fourth-order valence-electron chi connectivity index (χ4n) is 1.57. The Bertz CT molecular complexity index is 481. The number of halogens is 4. The van der Waals surface area contributed by atoms with Crippen molar-refractivity contribution >= 4 is 17.5 Å². The predicted octanol–water partition coefficient (Wildman–Crippen LogP) is 2.84. The maximum absolute atomic E-state index is 12.4. The number of rotatable bonds is 7. The van der Waals surface area contributed by atoms with Crippen molar-refractivity contribution in [3.8, 4) is 0 Å². The zero-order valence-corrected chi connectivity index (χ0v) is 12.2. The van der Waals surface area contributed by atoms with Crippen LogP contribution in [0.5, 0.6) is 0 Å². The van der Waals surface area contributed by atoms with Gasteiger partial charge in [-0.05, 0) is 18.9 Å². The van der Waals surface area contributed by atoms with E-state index in [4.69, 9.17) is 16.3 Å². The topological polar surface area (TPSA) is 51.2 Å². The van der Waals surface area contributed by atoms with E-state index in [-0.39, 0.29) is 29.5 Å². The van der Waals surface area contributed by atoms with Gasteiger partial charge in [-0.15, -0.1) is 0 Å². The molecule has 1 aromatic rings. The number of amides is 1. The lowest BCUT2D eigenvalue weighted by Gasteiger charge is -2.09. The molecule has 0 fully saturated rings. The van der Waals surface area contributed by atoms with Gasteiger partial charge >= 0.3 is 6.18 Å². The van der Waals surface area contributed by atoms with E-state index in [2.05, 4.69) is 10.3 Å². The molecule has 1 heterocycles. The minimum atomic E-state index is -4.48. The van der Waals surface area contributed by atoms with Crippen LogP contribution in [0, 0.1) is 0 Å². The Morgan fingerprint density at radius 3 is 2.76 bits per heavy atom. The number of aromatic nitrogens is 1. The number of pyridine rings is 1. The molecule has 0 aliphatic rings. The third-order valence-corrected chi connectivity index (χ3v) is 3.01. The third-order valence-electron chi connectivity index (χ3n) is 2.68. The highest BCUT2D eigenvalue weighted by molar-refractivity contribution is 6.31. The highest BCUT2D eigenvalue weighted by Gasteiger charge is 2.31.